The molecule has 0 fully saturated rings. The zero-order valence-corrected chi connectivity index (χ0v) is 15.2. The molecule has 1 aromatic heterocycles. The van der Waals surface area contributed by atoms with E-state index in [4.69, 9.17) is 27.9 Å². The maximum Gasteiger partial charge on any atom is 0.242 e. The number of benzene rings is 1. The summed E-state index contributed by atoms with van der Waals surface area (Å²) in [6, 6.07) is 7.14. The Morgan fingerprint density at radius 3 is 2.59 bits per heavy atom. The van der Waals surface area contributed by atoms with Gasteiger partial charge in [-0.2, -0.15) is 0 Å². The molecule has 2 rings (SSSR count). The molecular weight excluding hydrogens is 365 g/mol. The summed E-state index contributed by atoms with van der Waals surface area (Å²) in [6.07, 6.45) is 0.513. The van der Waals surface area contributed by atoms with Gasteiger partial charge in [-0.15, -0.1) is 11.3 Å². The van der Waals surface area contributed by atoms with Crippen LogP contribution >= 0.6 is 34.5 Å². The molecule has 0 unspecified atom stereocenters. The summed E-state index contributed by atoms with van der Waals surface area (Å²) in [5.74, 6) is 0.737. The van der Waals surface area contributed by atoms with Gasteiger partial charge in [0.15, 0.2) is 0 Å². The molecule has 120 valence electrons. The first-order valence-corrected chi connectivity index (χ1v) is 9.47. The lowest BCUT2D eigenvalue weighted by Gasteiger charge is -2.10. The van der Waals surface area contributed by atoms with Crippen LogP contribution in [0.3, 0.4) is 0 Å². The van der Waals surface area contributed by atoms with Crippen LogP contribution in [-0.2, 0) is 16.4 Å². The second-order valence-corrected chi connectivity index (χ2v) is 8.67. The third-order valence-corrected chi connectivity index (χ3v) is 6.25. The molecule has 0 aliphatic rings. The second kappa shape index (κ2) is 7.19. The highest BCUT2D eigenvalue weighted by Crippen LogP contribution is 2.34. The van der Waals surface area contributed by atoms with E-state index >= 15 is 0 Å². The maximum absolute atomic E-state index is 12.2. The molecule has 0 bridgehead atoms. The minimum Gasteiger partial charge on any atom is -0.496 e. The van der Waals surface area contributed by atoms with Crippen molar-refractivity contribution >= 4 is 44.6 Å². The molecule has 0 saturated heterocycles. The standard InChI is InChI=1S/C14H15Cl2NO3S2/c1-9-3-4-11(20-2)10(7-9)5-6-17-22(18,19)12-8-13(15)21-14(12)16/h3-4,7-8,17H,5-6H2,1-2H3. The number of sulfonamides is 1. The molecular formula is C14H15Cl2NO3S2. The number of hydrogen-bond donors (Lipinski definition) is 1. The van der Waals surface area contributed by atoms with E-state index in [1.54, 1.807) is 7.11 Å². The van der Waals surface area contributed by atoms with Crippen LogP contribution in [-0.4, -0.2) is 22.1 Å². The van der Waals surface area contributed by atoms with Crippen LogP contribution in [0.15, 0.2) is 29.2 Å². The normalized spacial score (nSPS) is 11.6. The zero-order valence-electron chi connectivity index (χ0n) is 12.0. The minimum absolute atomic E-state index is 0.0142. The van der Waals surface area contributed by atoms with E-state index in [-0.39, 0.29) is 15.8 Å². The molecule has 4 nitrogen and oxygen atoms in total. The van der Waals surface area contributed by atoms with Gasteiger partial charge in [-0.25, -0.2) is 13.1 Å². The predicted molar refractivity (Wildman–Crippen MR) is 91.0 cm³/mol. The topological polar surface area (TPSA) is 55.4 Å². The van der Waals surface area contributed by atoms with Crippen molar-refractivity contribution in [2.24, 2.45) is 0 Å². The first kappa shape index (κ1) is 17.6. The van der Waals surface area contributed by atoms with Crippen LogP contribution in [0, 0.1) is 6.92 Å². The van der Waals surface area contributed by atoms with E-state index in [2.05, 4.69) is 4.72 Å². The van der Waals surface area contributed by atoms with E-state index < -0.39 is 10.0 Å². The van der Waals surface area contributed by atoms with Gasteiger partial charge in [0, 0.05) is 6.54 Å². The summed E-state index contributed by atoms with van der Waals surface area (Å²) >= 11 is 12.7. The lowest BCUT2D eigenvalue weighted by molar-refractivity contribution is 0.409. The van der Waals surface area contributed by atoms with Crippen molar-refractivity contribution in [2.75, 3.05) is 13.7 Å². The largest absolute Gasteiger partial charge is 0.496 e. The molecule has 0 radical (unpaired) electrons. The van der Waals surface area contributed by atoms with Crippen LogP contribution in [0.1, 0.15) is 11.1 Å². The Bertz CT molecular complexity index is 772. The summed E-state index contributed by atoms with van der Waals surface area (Å²) < 4.78 is 32.7. The molecule has 0 aliphatic carbocycles. The smallest absolute Gasteiger partial charge is 0.242 e. The third-order valence-electron chi connectivity index (χ3n) is 3.04. The van der Waals surface area contributed by atoms with Crippen molar-refractivity contribution < 1.29 is 13.2 Å². The number of hydrogen-bond acceptors (Lipinski definition) is 4. The highest BCUT2D eigenvalue weighted by molar-refractivity contribution is 7.89. The summed E-state index contributed by atoms with van der Waals surface area (Å²) in [6.45, 7) is 2.21. The molecule has 1 heterocycles. The fourth-order valence-electron chi connectivity index (χ4n) is 2.01. The SMILES string of the molecule is COc1ccc(C)cc1CCNS(=O)(=O)c1cc(Cl)sc1Cl. The van der Waals surface area contributed by atoms with Crippen molar-refractivity contribution in [3.63, 3.8) is 0 Å². The summed E-state index contributed by atoms with van der Waals surface area (Å²) in [4.78, 5) is 0.0142. The van der Waals surface area contributed by atoms with Gasteiger partial charge in [0.25, 0.3) is 0 Å². The van der Waals surface area contributed by atoms with Crippen LogP contribution in [0.4, 0.5) is 0 Å². The van der Waals surface area contributed by atoms with E-state index in [1.165, 1.54) is 6.07 Å². The number of aryl methyl sites for hydroxylation is 1. The van der Waals surface area contributed by atoms with Gasteiger partial charge in [0.1, 0.15) is 15.0 Å². The van der Waals surface area contributed by atoms with E-state index in [0.29, 0.717) is 10.8 Å². The van der Waals surface area contributed by atoms with E-state index in [9.17, 15) is 8.42 Å². The van der Waals surface area contributed by atoms with E-state index in [1.807, 2.05) is 25.1 Å². The van der Waals surface area contributed by atoms with Crippen LogP contribution < -0.4 is 9.46 Å². The monoisotopic (exact) mass is 379 g/mol. The van der Waals surface area contributed by atoms with Crippen molar-refractivity contribution in [2.45, 2.75) is 18.2 Å². The molecule has 8 heteroatoms. The first-order chi connectivity index (χ1) is 10.3. The Balaban J connectivity index is 2.08. The Labute approximate surface area is 144 Å². The predicted octanol–water partition coefficient (Wildman–Crippen LogP) is 3.89. The van der Waals surface area contributed by atoms with Gasteiger partial charge in [0.05, 0.1) is 11.4 Å². The molecule has 1 aromatic carbocycles. The lowest BCUT2D eigenvalue weighted by Crippen LogP contribution is -2.26. The molecule has 1 N–H and O–H groups in total. The highest BCUT2D eigenvalue weighted by atomic mass is 35.5. The van der Waals surface area contributed by atoms with Crippen molar-refractivity contribution in [3.05, 3.63) is 44.1 Å². The van der Waals surface area contributed by atoms with Crippen LogP contribution in [0.25, 0.3) is 0 Å². The molecule has 0 amide bonds. The number of rotatable bonds is 6. The van der Waals surface area contributed by atoms with Gasteiger partial charge in [0.2, 0.25) is 10.0 Å². The summed E-state index contributed by atoms with van der Waals surface area (Å²) in [5, 5.41) is 0. The number of methoxy groups -OCH3 is 1. The Morgan fingerprint density at radius 2 is 2.00 bits per heavy atom. The van der Waals surface area contributed by atoms with Gasteiger partial charge >= 0.3 is 0 Å². The highest BCUT2D eigenvalue weighted by Gasteiger charge is 2.20. The molecule has 0 aliphatic heterocycles. The number of thiophene rings is 1. The van der Waals surface area contributed by atoms with E-state index in [0.717, 1.165) is 28.2 Å². The molecule has 2 aromatic rings. The lowest BCUT2D eigenvalue weighted by atomic mass is 10.1. The maximum atomic E-state index is 12.2. The number of ether oxygens (including phenoxy) is 1. The van der Waals surface area contributed by atoms with Crippen LogP contribution in [0.5, 0.6) is 5.75 Å². The molecule has 0 saturated carbocycles. The summed E-state index contributed by atoms with van der Waals surface area (Å²) in [5.41, 5.74) is 2.03. The van der Waals surface area contributed by atoms with Gasteiger partial charge in [-0.3, -0.25) is 0 Å². The van der Waals surface area contributed by atoms with Crippen molar-refractivity contribution in [3.8, 4) is 5.75 Å². The molecule has 22 heavy (non-hydrogen) atoms. The van der Waals surface area contributed by atoms with Crippen molar-refractivity contribution in [1.82, 2.24) is 4.72 Å². The Morgan fingerprint density at radius 1 is 1.27 bits per heavy atom. The summed E-state index contributed by atoms with van der Waals surface area (Å²) in [7, 11) is -2.08. The van der Waals surface area contributed by atoms with Crippen LogP contribution in [0.2, 0.25) is 8.67 Å². The zero-order chi connectivity index (χ0) is 16.3. The van der Waals surface area contributed by atoms with Gasteiger partial charge in [-0.1, -0.05) is 40.9 Å². The first-order valence-electron chi connectivity index (χ1n) is 6.41. The fraction of sp³-hybridized carbons (Fsp3) is 0.286. The number of nitrogens with one attached hydrogen (secondary N) is 1. The Hall–Kier alpha value is -0.790. The molecule has 0 spiro atoms. The second-order valence-electron chi connectivity index (χ2n) is 4.65. The minimum atomic E-state index is -3.67. The molecule has 0 atom stereocenters. The van der Waals surface area contributed by atoms with Gasteiger partial charge in [-0.05, 0) is 31.0 Å². The Kier molecular flexibility index (Phi) is 5.74. The average Bonchev–Trinajstić information content (AvgIpc) is 2.79. The fourth-order valence-corrected chi connectivity index (χ4v) is 5.19. The third kappa shape index (κ3) is 4.14. The van der Waals surface area contributed by atoms with Crippen molar-refractivity contribution in [1.29, 1.82) is 0 Å². The average molecular weight is 380 g/mol. The number of halogens is 2. The van der Waals surface area contributed by atoms with Gasteiger partial charge < -0.3 is 4.74 Å². The quantitative estimate of drug-likeness (QED) is 0.827.